The second-order valence-corrected chi connectivity index (χ2v) is 9.84. The smallest absolute Gasteiger partial charge is 0.337 e. The highest BCUT2D eigenvalue weighted by molar-refractivity contribution is 6.42. The van der Waals surface area contributed by atoms with Gasteiger partial charge in [-0.3, -0.25) is 9.59 Å². The molecule has 1 saturated carbocycles. The summed E-state index contributed by atoms with van der Waals surface area (Å²) in [6, 6.07) is 5.06. The van der Waals surface area contributed by atoms with Gasteiger partial charge < -0.3 is 14.8 Å². The number of dihydropyridines is 1. The Morgan fingerprint density at radius 1 is 1.12 bits per heavy atom. The van der Waals surface area contributed by atoms with Crippen molar-refractivity contribution in [3.8, 4) is 0 Å². The van der Waals surface area contributed by atoms with E-state index in [0.29, 0.717) is 44.6 Å². The first kappa shape index (κ1) is 23.8. The monoisotopic (exact) mass is 491 g/mol. The van der Waals surface area contributed by atoms with Crippen molar-refractivity contribution < 1.29 is 23.9 Å². The van der Waals surface area contributed by atoms with E-state index in [9.17, 15) is 14.4 Å². The fourth-order valence-electron chi connectivity index (χ4n) is 5.20. The van der Waals surface area contributed by atoms with Gasteiger partial charge in [0.05, 0.1) is 22.7 Å². The average Bonchev–Trinajstić information content (AvgIpc) is 3.27. The summed E-state index contributed by atoms with van der Waals surface area (Å²) in [7, 11) is 1.27. The molecule has 0 saturated heterocycles. The second-order valence-electron chi connectivity index (χ2n) is 9.02. The van der Waals surface area contributed by atoms with Crippen molar-refractivity contribution in [3.05, 3.63) is 56.3 Å². The van der Waals surface area contributed by atoms with E-state index in [-0.39, 0.29) is 17.8 Å². The molecule has 176 valence electrons. The largest absolute Gasteiger partial charge is 0.468 e. The summed E-state index contributed by atoms with van der Waals surface area (Å²) in [5.74, 6) is -3.30. The molecule has 1 aromatic rings. The van der Waals surface area contributed by atoms with Gasteiger partial charge in [-0.05, 0) is 62.6 Å². The minimum absolute atomic E-state index is 0.132. The molecule has 0 aromatic heterocycles. The molecule has 1 aliphatic heterocycles. The molecule has 4 rings (SSSR count). The molecule has 6 nitrogen and oxygen atoms in total. The quantitative estimate of drug-likeness (QED) is 0.466. The van der Waals surface area contributed by atoms with Crippen molar-refractivity contribution in [3.63, 3.8) is 0 Å². The molecule has 0 unspecified atom stereocenters. The van der Waals surface area contributed by atoms with Crippen LogP contribution in [0.5, 0.6) is 0 Å². The van der Waals surface area contributed by atoms with Gasteiger partial charge in [-0.2, -0.15) is 0 Å². The van der Waals surface area contributed by atoms with E-state index in [0.717, 1.165) is 25.7 Å². The summed E-state index contributed by atoms with van der Waals surface area (Å²) in [6.07, 6.45) is 4.05. The topological polar surface area (TPSA) is 81.7 Å². The SMILES string of the molecule is COC(=O)[C@H]1C(=O)C2=C(C[C@H]1C)NC(C)=C(C(=O)OC1CCCC1)[C@H]2c1ccc(Cl)c(Cl)c1. The van der Waals surface area contributed by atoms with Gasteiger partial charge in [-0.1, -0.05) is 36.2 Å². The van der Waals surface area contributed by atoms with Crippen LogP contribution in [0, 0.1) is 11.8 Å². The van der Waals surface area contributed by atoms with E-state index in [4.69, 9.17) is 32.7 Å². The van der Waals surface area contributed by atoms with Crippen LogP contribution in [-0.2, 0) is 23.9 Å². The minimum atomic E-state index is -0.939. The number of nitrogens with one attached hydrogen (secondary N) is 1. The van der Waals surface area contributed by atoms with Gasteiger partial charge in [0.1, 0.15) is 12.0 Å². The highest BCUT2D eigenvalue weighted by Crippen LogP contribution is 2.46. The molecule has 8 heteroatoms. The zero-order valence-electron chi connectivity index (χ0n) is 18.9. The van der Waals surface area contributed by atoms with Gasteiger partial charge in [0, 0.05) is 22.9 Å². The third kappa shape index (κ3) is 4.43. The summed E-state index contributed by atoms with van der Waals surface area (Å²) >= 11 is 12.5. The molecular formula is C25H27Cl2NO5. The zero-order chi connectivity index (χ0) is 23.9. The van der Waals surface area contributed by atoms with Crippen LogP contribution >= 0.6 is 23.2 Å². The maximum absolute atomic E-state index is 13.7. The first-order chi connectivity index (χ1) is 15.7. The van der Waals surface area contributed by atoms with Crippen molar-refractivity contribution in [2.24, 2.45) is 11.8 Å². The number of hydrogen-bond acceptors (Lipinski definition) is 6. The van der Waals surface area contributed by atoms with Crippen LogP contribution < -0.4 is 5.32 Å². The molecule has 1 N–H and O–H groups in total. The van der Waals surface area contributed by atoms with E-state index in [1.807, 2.05) is 6.92 Å². The highest BCUT2D eigenvalue weighted by atomic mass is 35.5. The summed E-state index contributed by atoms with van der Waals surface area (Å²) in [4.78, 5) is 39.6. The fraction of sp³-hybridized carbons (Fsp3) is 0.480. The number of esters is 2. The number of Topliss-reactive ketones (excluding diaryl/α,β-unsaturated/α-hetero) is 1. The van der Waals surface area contributed by atoms with Crippen LogP contribution in [0.4, 0.5) is 0 Å². The molecule has 0 spiro atoms. The minimum Gasteiger partial charge on any atom is -0.468 e. The number of benzene rings is 1. The number of rotatable bonds is 4. The van der Waals surface area contributed by atoms with Crippen molar-refractivity contribution in [1.82, 2.24) is 5.32 Å². The Morgan fingerprint density at radius 3 is 2.45 bits per heavy atom. The number of carbonyl (C=O) groups is 3. The van der Waals surface area contributed by atoms with Crippen LogP contribution in [0.25, 0.3) is 0 Å². The number of methoxy groups -OCH3 is 1. The Hall–Kier alpha value is -2.31. The lowest BCUT2D eigenvalue weighted by Gasteiger charge is -2.38. The third-order valence-corrected chi connectivity index (χ3v) is 7.55. The van der Waals surface area contributed by atoms with Crippen molar-refractivity contribution in [2.45, 2.75) is 58.0 Å². The lowest BCUT2D eigenvalue weighted by molar-refractivity contribution is -0.151. The molecule has 1 heterocycles. The number of halogens is 2. The molecule has 3 aliphatic rings. The normalized spacial score (nSPS) is 25.6. The number of ether oxygens (including phenoxy) is 2. The maximum Gasteiger partial charge on any atom is 0.337 e. The standard InChI is InChI=1S/C25H27Cl2NO5/c1-12-10-18-22(23(29)19(12)24(30)32-3)21(14-8-9-16(26)17(27)11-14)20(13(2)28-18)25(31)33-15-6-4-5-7-15/h8-9,11-12,15,19,21,28H,4-7,10H2,1-3H3/t12-,19-,21-/m1/s1. The molecule has 33 heavy (non-hydrogen) atoms. The maximum atomic E-state index is 13.7. The van der Waals surface area contributed by atoms with Crippen LogP contribution in [-0.4, -0.2) is 30.9 Å². The molecule has 1 fully saturated rings. The Morgan fingerprint density at radius 2 is 1.82 bits per heavy atom. The first-order valence-electron chi connectivity index (χ1n) is 11.2. The molecule has 0 bridgehead atoms. The lowest BCUT2D eigenvalue weighted by atomic mass is 9.69. The number of ketones is 1. The fourth-order valence-corrected chi connectivity index (χ4v) is 5.50. The van der Waals surface area contributed by atoms with Crippen LogP contribution in [0.15, 0.2) is 40.7 Å². The molecule has 3 atom stereocenters. The average molecular weight is 492 g/mol. The molecule has 1 aromatic carbocycles. The first-order valence-corrected chi connectivity index (χ1v) is 12.0. The Bertz CT molecular complexity index is 1070. The summed E-state index contributed by atoms with van der Waals surface area (Å²) < 4.78 is 10.8. The van der Waals surface area contributed by atoms with Gasteiger partial charge in [0.2, 0.25) is 0 Å². The van der Waals surface area contributed by atoms with Gasteiger partial charge in [0.25, 0.3) is 0 Å². The molecule has 0 radical (unpaired) electrons. The van der Waals surface area contributed by atoms with Gasteiger partial charge in [0.15, 0.2) is 5.78 Å². The van der Waals surface area contributed by atoms with E-state index in [1.54, 1.807) is 25.1 Å². The zero-order valence-corrected chi connectivity index (χ0v) is 20.4. The lowest BCUT2D eigenvalue weighted by Crippen LogP contribution is -2.43. The van der Waals surface area contributed by atoms with Crippen LogP contribution in [0.1, 0.15) is 57.4 Å². The van der Waals surface area contributed by atoms with Crippen molar-refractivity contribution in [1.29, 1.82) is 0 Å². The Kier molecular flexibility index (Phi) is 6.87. The Balaban J connectivity index is 1.82. The van der Waals surface area contributed by atoms with Crippen molar-refractivity contribution in [2.75, 3.05) is 7.11 Å². The summed E-state index contributed by atoms with van der Waals surface area (Å²) in [5, 5.41) is 3.95. The summed E-state index contributed by atoms with van der Waals surface area (Å²) in [5.41, 5.74) is 2.71. The predicted molar refractivity (Wildman–Crippen MR) is 125 cm³/mol. The predicted octanol–water partition coefficient (Wildman–Crippen LogP) is 5.09. The van der Waals surface area contributed by atoms with E-state index in [2.05, 4.69) is 5.32 Å². The highest BCUT2D eigenvalue weighted by Gasteiger charge is 2.47. The van der Waals surface area contributed by atoms with Crippen LogP contribution in [0.2, 0.25) is 10.0 Å². The van der Waals surface area contributed by atoms with Gasteiger partial charge in [-0.15, -0.1) is 0 Å². The Labute approximate surface area is 203 Å². The number of carbonyl (C=O) groups excluding carboxylic acids is 3. The second kappa shape index (κ2) is 9.51. The van der Waals surface area contributed by atoms with Crippen LogP contribution in [0.3, 0.4) is 0 Å². The molecular weight excluding hydrogens is 465 g/mol. The van der Waals surface area contributed by atoms with Gasteiger partial charge in [-0.25, -0.2) is 4.79 Å². The number of hydrogen-bond donors (Lipinski definition) is 1. The third-order valence-electron chi connectivity index (χ3n) is 6.82. The van der Waals surface area contributed by atoms with E-state index in [1.165, 1.54) is 7.11 Å². The number of allylic oxidation sites excluding steroid dienone is 3. The van der Waals surface area contributed by atoms with Crippen molar-refractivity contribution >= 4 is 40.9 Å². The van der Waals surface area contributed by atoms with Gasteiger partial charge >= 0.3 is 11.9 Å². The molecule has 2 aliphatic carbocycles. The van der Waals surface area contributed by atoms with E-state index < -0.39 is 23.8 Å². The summed E-state index contributed by atoms with van der Waals surface area (Å²) in [6.45, 7) is 3.66. The molecule has 0 amide bonds. The van der Waals surface area contributed by atoms with E-state index >= 15 is 0 Å².